The van der Waals surface area contributed by atoms with Crippen LogP contribution in [0.1, 0.15) is 11.1 Å². The van der Waals surface area contributed by atoms with Gasteiger partial charge in [-0.25, -0.2) is 4.68 Å². The highest BCUT2D eigenvalue weighted by Gasteiger charge is 2.24. The number of fused-ring (bicyclic) bond motifs is 1. The van der Waals surface area contributed by atoms with Gasteiger partial charge in [0.15, 0.2) is 0 Å². The van der Waals surface area contributed by atoms with Gasteiger partial charge in [0.25, 0.3) is 0 Å². The van der Waals surface area contributed by atoms with Crippen molar-refractivity contribution in [3.05, 3.63) is 64.7 Å². The maximum Gasteiger partial charge on any atom is 0.133 e. The van der Waals surface area contributed by atoms with Gasteiger partial charge in [0.1, 0.15) is 5.82 Å². The van der Waals surface area contributed by atoms with Gasteiger partial charge in [-0.05, 0) is 31.0 Å². The Labute approximate surface area is 134 Å². The molecule has 0 bridgehead atoms. The molecule has 1 N–H and O–H groups in total. The van der Waals surface area contributed by atoms with Crippen molar-refractivity contribution >= 4 is 17.4 Å². The average Bonchev–Trinajstić information content (AvgIpc) is 3.13. The van der Waals surface area contributed by atoms with E-state index >= 15 is 0 Å². The molecule has 1 aromatic heterocycles. The molecule has 0 spiro atoms. The first kappa shape index (κ1) is 13.4. The van der Waals surface area contributed by atoms with Crippen LogP contribution in [0.25, 0.3) is 16.9 Å². The molecule has 4 rings (SSSR count). The van der Waals surface area contributed by atoms with E-state index in [-0.39, 0.29) is 0 Å². The molecule has 1 aliphatic rings. The second-order valence-electron chi connectivity index (χ2n) is 5.56. The Morgan fingerprint density at radius 1 is 1.14 bits per heavy atom. The highest BCUT2D eigenvalue weighted by atomic mass is 35.5. The summed E-state index contributed by atoms with van der Waals surface area (Å²) in [5.41, 5.74) is 5.68. The van der Waals surface area contributed by atoms with Crippen LogP contribution in [0.5, 0.6) is 0 Å². The summed E-state index contributed by atoms with van der Waals surface area (Å²) in [5.74, 6) is 1.09. The summed E-state index contributed by atoms with van der Waals surface area (Å²) in [6.45, 7) is 3.03. The van der Waals surface area contributed by atoms with Crippen molar-refractivity contribution in [1.29, 1.82) is 0 Å². The molecular weight excluding hydrogens is 294 g/mol. The predicted octanol–water partition coefficient (Wildman–Crippen LogP) is 4.47. The second-order valence-corrected chi connectivity index (χ2v) is 6.00. The molecule has 2 aromatic carbocycles. The fourth-order valence-corrected chi connectivity index (χ4v) is 3.15. The summed E-state index contributed by atoms with van der Waals surface area (Å²) in [4.78, 5) is 0. The van der Waals surface area contributed by atoms with Crippen molar-refractivity contribution in [3.8, 4) is 16.9 Å². The zero-order chi connectivity index (χ0) is 15.1. The molecular formula is C18H16ClN3. The predicted molar refractivity (Wildman–Crippen MR) is 90.9 cm³/mol. The Kier molecular flexibility index (Phi) is 3.16. The van der Waals surface area contributed by atoms with Gasteiger partial charge in [-0.1, -0.05) is 48.0 Å². The lowest BCUT2D eigenvalue weighted by Gasteiger charge is -2.10. The Balaban J connectivity index is 1.94. The number of aryl methyl sites for hydroxylation is 1. The van der Waals surface area contributed by atoms with Crippen molar-refractivity contribution in [1.82, 2.24) is 9.78 Å². The maximum absolute atomic E-state index is 6.18. The van der Waals surface area contributed by atoms with E-state index in [0.29, 0.717) is 0 Å². The molecule has 0 unspecified atom stereocenters. The van der Waals surface area contributed by atoms with Crippen molar-refractivity contribution in [2.75, 3.05) is 11.9 Å². The smallest absolute Gasteiger partial charge is 0.133 e. The van der Waals surface area contributed by atoms with E-state index in [1.807, 2.05) is 41.1 Å². The fourth-order valence-electron chi connectivity index (χ4n) is 2.99. The van der Waals surface area contributed by atoms with Crippen molar-refractivity contribution in [2.45, 2.75) is 13.3 Å². The van der Waals surface area contributed by atoms with Crippen LogP contribution in [0.3, 0.4) is 0 Å². The molecule has 0 saturated carbocycles. The first-order chi connectivity index (χ1) is 10.7. The zero-order valence-electron chi connectivity index (χ0n) is 12.3. The van der Waals surface area contributed by atoms with E-state index in [1.54, 1.807) is 0 Å². The number of anilines is 1. The third kappa shape index (κ3) is 2.09. The summed E-state index contributed by atoms with van der Waals surface area (Å²) in [7, 11) is 0. The quantitative estimate of drug-likeness (QED) is 0.757. The summed E-state index contributed by atoms with van der Waals surface area (Å²) in [6, 6.07) is 16.3. The number of benzene rings is 2. The average molecular weight is 310 g/mol. The normalized spacial score (nSPS) is 13.0. The Morgan fingerprint density at radius 2 is 1.95 bits per heavy atom. The molecule has 0 atom stereocenters. The molecule has 4 heteroatoms. The lowest BCUT2D eigenvalue weighted by molar-refractivity contribution is 0.875. The van der Waals surface area contributed by atoms with Gasteiger partial charge in [-0.15, -0.1) is 0 Å². The van der Waals surface area contributed by atoms with Gasteiger partial charge in [-0.3, -0.25) is 0 Å². The SMILES string of the molecule is Cc1ccc(Cl)cc1-n1nc(-c2ccccc2)c2c1NCC2. The van der Waals surface area contributed by atoms with Crippen LogP contribution in [-0.2, 0) is 6.42 Å². The molecule has 0 aliphatic carbocycles. The van der Waals surface area contributed by atoms with Crippen LogP contribution in [0.2, 0.25) is 5.02 Å². The number of nitrogens with zero attached hydrogens (tertiary/aromatic N) is 2. The van der Waals surface area contributed by atoms with Gasteiger partial charge < -0.3 is 5.32 Å². The Hall–Kier alpha value is -2.26. The van der Waals surface area contributed by atoms with Gasteiger partial charge in [-0.2, -0.15) is 5.10 Å². The maximum atomic E-state index is 6.18. The number of rotatable bonds is 2. The largest absolute Gasteiger partial charge is 0.369 e. The monoisotopic (exact) mass is 309 g/mol. The van der Waals surface area contributed by atoms with Crippen molar-refractivity contribution in [3.63, 3.8) is 0 Å². The van der Waals surface area contributed by atoms with Gasteiger partial charge in [0.2, 0.25) is 0 Å². The zero-order valence-corrected chi connectivity index (χ0v) is 13.1. The van der Waals surface area contributed by atoms with Crippen molar-refractivity contribution < 1.29 is 0 Å². The number of halogens is 1. The van der Waals surface area contributed by atoms with Crippen LogP contribution >= 0.6 is 11.6 Å². The second kappa shape index (κ2) is 5.18. The van der Waals surface area contributed by atoms with Crippen molar-refractivity contribution in [2.24, 2.45) is 0 Å². The summed E-state index contributed by atoms with van der Waals surface area (Å²) < 4.78 is 1.99. The van der Waals surface area contributed by atoms with Gasteiger partial charge in [0, 0.05) is 22.7 Å². The van der Waals surface area contributed by atoms with Gasteiger partial charge in [0.05, 0.1) is 11.4 Å². The minimum atomic E-state index is 0.726. The molecule has 110 valence electrons. The molecule has 0 fully saturated rings. The molecule has 0 amide bonds. The van der Waals surface area contributed by atoms with E-state index in [4.69, 9.17) is 16.7 Å². The molecule has 3 aromatic rings. The van der Waals surface area contributed by atoms with E-state index in [0.717, 1.165) is 46.3 Å². The number of nitrogens with one attached hydrogen (secondary N) is 1. The van der Waals surface area contributed by atoms with Crippen LogP contribution < -0.4 is 5.32 Å². The van der Waals surface area contributed by atoms with E-state index in [9.17, 15) is 0 Å². The minimum Gasteiger partial charge on any atom is -0.369 e. The van der Waals surface area contributed by atoms with Crippen LogP contribution in [0.4, 0.5) is 5.82 Å². The lowest BCUT2D eigenvalue weighted by Crippen LogP contribution is -2.05. The topological polar surface area (TPSA) is 29.9 Å². The van der Waals surface area contributed by atoms with Crippen LogP contribution in [0.15, 0.2) is 48.5 Å². The molecule has 0 radical (unpaired) electrons. The minimum absolute atomic E-state index is 0.726. The summed E-state index contributed by atoms with van der Waals surface area (Å²) in [5, 5.41) is 9.06. The number of hydrogen-bond acceptors (Lipinski definition) is 2. The highest BCUT2D eigenvalue weighted by Crippen LogP contribution is 2.35. The third-order valence-corrected chi connectivity index (χ3v) is 4.33. The number of aromatic nitrogens is 2. The summed E-state index contributed by atoms with van der Waals surface area (Å²) in [6.07, 6.45) is 0.999. The molecule has 1 aliphatic heterocycles. The Morgan fingerprint density at radius 3 is 2.77 bits per heavy atom. The number of hydrogen-bond donors (Lipinski definition) is 1. The van der Waals surface area contributed by atoms with E-state index in [1.165, 1.54) is 5.56 Å². The van der Waals surface area contributed by atoms with E-state index in [2.05, 4.69) is 24.4 Å². The standard InChI is InChI=1S/C18H16ClN3/c1-12-7-8-14(19)11-16(12)22-18-15(9-10-20-18)17(21-22)13-5-3-2-4-6-13/h2-8,11,20H,9-10H2,1H3. The van der Waals surface area contributed by atoms with E-state index < -0.39 is 0 Å². The first-order valence-corrected chi connectivity index (χ1v) is 7.79. The molecule has 2 heterocycles. The molecule has 22 heavy (non-hydrogen) atoms. The fraction of sp³-hybridized carbons (Fsp3) is 0.167. The van der Waals surface area contributed by atoms with Crippen LogP contribution in [0, 0.1) is 6.92 Å². The van der Waals surface area contributed by atoms with Gasteiger partial charge >= 0.3 is 0 Å². The summed E-state index contributed by atoms with van der Waals surface area (Å²) >= 11 is 6.18. The Bertz CT molecular complexity index is 837. The molecule has 3 nitrogen and oxygen atoms in total. The molecule has 0 saturated heterocycles. The third-order valence-electron chi connectivity index (χ3n) is 4.10. The lowest BCUT2D eigenvalue weighted by atomic mass is 10.1. The highest BCUT2D eigenvalue weighted by molar-refractivity contribution is 6.30. The first-order valence-electron chi connectivity index (χ1n) is 7.42. The van der Waals surface area contributed by atoms with Crippen LogP contribution in [-0.4, -0.2) is 16.3 Å².